The summed E-state index contributed by atoms with van der Waals surface area (Å²) < 4.78 is 1.75. The Kier molecular flexibility index (Phi) is 4.99. The van der Waals surface area contributed by atoms with Crippen LogP contribution in [0.3, 0.4) is 0 Å². The van der Waals surface area contributed by atoms with Crippen molar-refractivity contribution in [3.05, 3.63) is 16.4 Å². The molecule has 1 atom stereocenters. The van der Waals surface area contributed by atoms with Gasteiger partial charge < -0.3 is 5.32 Å². The van der Waals surface area contributed by atoms with E-state index in [-0.39, 0.29) is 5.78 Å². The zero-order valence-electron chi connectivity index (χ0n) is 11.7. The summed E-state index contributed by atoms with van der Waals surface area (Å²) in [6.45, 7) is 4.17. The van der Waals surface area contributed by atoms with E-state index in [0.717, 1.165) is 37.3 Å². The number of nitrogens with zero attached hydrogens (tertiary/aromatic N) is 2. The van der Waals surface area contributed by atoms with Crippen LogP contribution in [0.25, 0.3) is 0 Å². The van der Waals surface area contributed by atoms with Crippen molar-refractivity contribution in [1.82, 2.24) is 15.1 Å². The number of carbonyl (C=O) groups is 1. The van der Waals surface area contributed by atoms with Gasteiger partial charge in [-0.15, -0.1) is 0 Å². The number of nitrogens with one attached hydrogen (secondary N) is 1. The Morgan fingerprint density at radius 1 is 1.58 bits per heavy atom. The summed E-state index contributed by atoms with van der Waals surface area (Å²) in [4.78, 5) is 12.1. The number of carbonyl (C=O) groups excluding carboxylic acids is 1. The lowest BCUT2D eigenvalue weighted by atomic mass is 9.99. The van der Waals surface area contributed by atoms with E-state index in [1.54, 1.807) is 4.68 Å². The van der Waals surface area contributed by atoms with Crippen molar-refractivity contribution < 1.29 is 4.79 Å². The molecule has 1 N–H and O–H groups in total. The quantitative estimate of drug-likeness (QED) is 0.870. The summed E-state index contributed by atoms with van der Waals surface area (Å²) >= 11 is 6.26. The number of halogens is 1. The minimum atomic E-state index is 0.263. The Balaban J connectivity index is 1.89. The third-order valence-corrected chi connectivity index (χ3v) is 4.30. The third-order valence-electron chi connectivity index (χ3n) is 3.86. The van der Waals surface area contributed by atoms with Gasteiger partial charge in [0.05, 0.1) is 16.4 Å². The van der Waals surface area contributed by atoms with E-state index in [0.29, 0.717) is 23.8 Å². The maximum absolute atomic E-state index is 12.1. The molecule has 19 heavy (non-hydrogen) atoms. The van der Waals surface area contributed by atoms with Gasteiger partial charge >= 0.3 is 0 Å². The van der Waals surface area contributed by atoms with Gasteiger partial charge in [0.1, 0.15) is 5.78 Å². The zero-order valence-corrected chi connectivity index (χ0v) is 12.5. The summed E-state index contributed by atoms with van der Waals surface area (Å²) in [6.07, 6.45) is 4.04. The van der Waals surface area contributed by atoms with Crippen molar-refractivity contribution in [3.63, 3.8) is 0 Å². The second kappa shape index (κ2) is 6.53. The van der Waals surface area contributed by atoms with Crippen molar-refractivity contribution in [1.29, 1.82) is 0 Å². The van der Waals surface area contributed by atoms with Crippen LogP contribution in [0.1, 0.15) is 37.6 Å². The highest BCUT2D eigenvalue weighted by atomic mass is 35.5. The van der Waals surface area contributed by atoms with Crippen molar-refractivity contribution in [2.75, 3.05) is 13.1 Å². The van der Waals surface area contributed by atoms with Crippen LogP contribution in [0.15, 0.2) is 0 Å². The number of Topliss-reactive ketones (excluding diaryl/α,β-unsaturated/α-hetero) is 1. The molecule has 106 valence electrons. The van der Waals surface area contributed by atoms with Gasteiger partial charge in [-0.05, 0) is 38.3 Å². The lowest BCUT2D eigenvalue weighted by Gasteiger charge is -2.07. The van der Waals surface area contributed by atoms with Crippen LogP contribution in [0.5, 0.6) is 0 Å². The van der Waals surface area contributed by atoms with Gasteiger partial charge in [-0.2, -0.15) is 5.10 Å². The minimum absolute atomic E-state index is 0.263. The van der Waals surface area contributed by atoms with Gasteiger partial charge in [0.25, 0.3) is 0 Å². The van der Waals surface area contributed by atoms with Gasteiger partial charge in [-0.3, -0.25) is 9.48 Å². The Labute approximate surface area is 119 Å². The lowest BCUT2D eigenvalue weighted by molar-refractivity contribution is -0.118. The highest BCUT2D eigenvalue weighted by molar-refractivity contribution is 6.32. The smallest absolute Gasteiger partial charge is 0.138 e. The van der Waals surface area contributed by atoms with E-state index in [1.165, 1.54) is 6.42 Å². The highest BCUT2D eigenvalue weighted by Crippen LogP contribution is 2.22. The van der Waals surface area contributed by atoms with Gasteiger partial charge in [0.2, 0.25) is 0 Å². The molecule has 4 nitrogen and oxygen atoms in total. The van der Waals surface area contributed by atoms with Crippen molar-refractivity contribution in [2.24, 2.45) is 13.0 Å². The standard InChI is InChI=1S/C14H22ClN3O/c1-3-12-14(15)13(18(2)17-12)8-11(19)5-4-10-6-7-16-9-10/h10,16H,3-9H2,1-2H3. The van der Waals surface area contributed by atoms with Crippen LogP contribution in [-0.4, -0.2) is 28.7 Å². The maximum atomic E-state index is 12.1. The molecule has 0 saturated carbocycles. The topological polar surface area (TPSA) is 46.9 Å². The molecule has 1 saturated heterocycles. The summed E-state index contributed by atoms with van der Waals surface area (Å²) in [6, 6.07) is 0. The minimum Gasteiger partial charge on any atom is -0.316 e. The molecule has 5 heteroatoms. The monoisotopic (exact) mass is 283 g/mol. The first kappa shape index (κ1) is 14.5. The second-order valence-corrected chi connectivity index (χ2v) is 5.68. The molecule has 1 aromatic heterocycles. The first-order valence-corrected chi connectivity index (χ1v) is 7.42. The van der Waals surface area contributed by atoms with Crippen LogP contribution in [-0.2, 0) is 24.7 Å². The van der Waals surface area contributed by atoms with Crippen LogP contribution in [0.2, 0.25) is 5.02 Å². The van der Waals surface area contributed by atoms with Crippen LogP contribution in [0, 0.1) is 5.92 Å². The largest absolute Gasteiger partial charge is 0.316 e. The molecule has 0 aromatic carbocycles. The van der Waals surface area contributed by atoms with Gasteiger partial charge in [0, 0.05) is 19.9 Å². The average Bonchev–Trinajstić information content (AvgIpc) is 2.99. The molecular weight excluding hydrogens is 262 g/mol. The summed E-state index contributed by atoms with van der Waals surface area (Å²) in [5, 5.41) is 8.34. The van der Waals surface area contributed by atoms with E-state index < -0.39 is 0 Å². The summed E-state index contributed by atoms with van der Waals surface area (Å²) in [5.41, 5.74) is 1.74. The molecular formula is C14H22ClN3O. The van der Waals surface area contributed by atoms with E-state index in [1.807, 2.05) is 14.0 Å². The molecule has 0 spiro atoms. The first-order chi connectivity index (χ1) is 9.11. The molecule has 1 aromatic rings. The van der Waals surface area contributed by atoms with Crippen LogP contribution >= 0.6 is 11.6 Å². The van der Waals surface area contributed by atoms with E-state index in [2.05, 4.69) is 10.4 Å². The van der Waals surface area contributed by atoms with Gasteiger partial charge in [0.15, 0.2) is 0 Å². The third kappa shape index (κ3) is 3.57. The predicted octanol–water partition coefficient (Wildman–Crippen LogP) is 2.14. The molecule has 0 amide bonds. The molecule has 0 bridgehead atoms. The fourth-order valence-corrected chi connectivity index (χ4v) is 2.97. The number of aromatic nitrogens is 2. The fraction of sp³-hybridized carbons (Fsp3) is 0.714. The van der Waals surface area contributed by atoms with Crippen molar-refractivity contribution in [3.8, 4) is 0 Å². The molecule has 1 unspecified atom stereocenters. The molecule has 2 rings (SSSR count). The fourth-order valence-electron chi connectivity index (χ4n) is 2.61. The number of hydrogen-bond acceptors (Lipinski definition) is 3. The maximum Gasteiger partial charge on any atom is 0.138 e. The first-order valence-electron chi connectivity index (χ1n) is 7.04. The number of aryl methyl sites for hydroxylation is 2. The molecule has 1 fully saturated rings. The number of ketones is 1. The summed E-state index contributed by atoms with van der Waals surface area (Å²) in [5.74, 6) is 0.927. The molecule has 2 heterocycles. The zero-order chi connectivity index (χ0) is 13.8. The second-order valence-electron chi connectivity index (χ2n) is 5.30. The van der Waals surface area contributed by atoms with E-state index >= 15 is 0 Å². The molecule has 1 aliphatic rings. The normalized spacial score (nSPS) is 19.0. The van der Waals surface area contributed by atoms with Crippen LogP contribution in [0.4, 0.5) is 0 Å². The summed E-state index contributed by atoms with van der Waals surface area (Å²) in [7, 11) is 1.86. The van der Waals surface area contributed by atoms with E-state index in [4.69, 9.17) is 11.6 Å². The van der Waals surface area contributed by atoms with Gasteiger partial charge in [-0.25, -0.2) is 0 Å². The highest BCUT2D eigenvalue weighted by Gasteiger charge is 2.19. The SMILES string of the molecule is CCc1nn(C)c(CC(=O)CCC2CCNC2)c1Cl. The molecule has 0 radical (unpaired) electrons. The number of hydrogen-bond donors (Lipinski definition) is 1. The van der Waals surface area contributed by atoms with E-state index in [9.17, 15) is 4.79 Å². The number of rotatable bonds is 6. The predicted molar refractivity (Wildman–Crippen MR) is 76.5 cm³/mol. The average molecular weight is 284 g/mol. The van der Waals surface area contributed by atoms with Gasteiger partial charge in [-0.1, -0.05) is 18.5 Å². The molecule has 1 aliphatic heterocycles. The Morgan fingerprint density at radius 3 is 2.95 bits per heavy atom. The van der Waals surface area contributed by atoms with Crippen molar-refractivity contribution >= 4 is 17.4 Å². The Hall–Kier alpha value is -0.870. The molecule has 0 aliphatic carbocycles. The Morgan fingerprint density at radius 2 is 2.37 bits per heavy atom. The van der Waals surface area contributed by atoms with Crippen LogP contribution < -0.4 is 5.32 Å². The Bertz CT molecular complexity index is 450. The van der Waals surface area contributed by atoms with Crippen molar-refractivity contribution in [2.45, 2.75) is 39.0 Å². The lowest BCUT2D eigenvalue weighted by Crippen LogP contribution is -2.12.